The molecule has 5 heteroatoms. The van der Waals surface area contributed by atoms with Crippen molar-refractivity contribution in [2.75, 3.05) is 0 Å². The molecule has 0 saturated carbocycles. The van der Waals surface area contributed by atoms with E-state index in [9.17, 15) is 14.9 Å². The summed E-state index contributed by atoms with van der Waals surface area (Å²) >= 11 is 0. The van der Waals surface area contributed by atoms with Crippen molar-refractivity contribution < 1.29 is 14.8 Å². The van der Waals surface area contributed by atoms with Gasteiger partial charge < -0.3 is 5.11 Å². The zero-order valence-electron chi connectivity index (χ0n) is 10.1. The summed E-state index contributed by atoms with van der Waals surface area (Å²) in [4.78, 5) is 21.4. The third-order valence-electron chi connectivity index (χ3n) is 2.80. The predicted octanol–water partition coefficient (Wildman–Crippen LogP) is 2.79. The minimum atomic E-state index is -0.903. The van der Waals surface area contributed by atoms with Crippen LogP contribution in [-0.2, 0) is 4.79 Å². The summed E-state index contributed by atoms with van der Waals surface area (Å²) in [6, 6.07) is 3.18. The first-order valence-corrected chi connectivity index (χ1v) is 5.36. The van der Waals surface area contributed by atoms with Gasteiger partial charge >= 0.3 is 5.97 Å². The molecule has 0 saturated heterocycles. The van der Waals surface area contributed by atoms with Gasteiger partial charge in [-0.15, -0.1) is 0 Å². The van der Waals surface area contributed by atoms with Gasteiger partial charge in [0.25, 0.3) is 5.69 Å². The third kappa shape index (κ3) is 2.61. The lowest BCUT2D eigenvalue weighted by atomic mass is 9.92. The van der Waals surface area contributed by atoms with Gasteiger partial charge in [0.1, 0.15) is 0 Å². The van der Waals surface area contributed by atoms with E-state index in [1.807, 2.05) is 0 Å². The molecule has 0 bridgehead atoms. The second-order valence-electron chi connectivity index (χ2n) is 4.06. The molecule has 1 aromatic carbocycles. The predicted molar refractivity (Wildman–Crippen MR) is 63.2 cm³/mol. The fraction of sp³-hybridized carbons (Fsp3) is 0.417. The molecule has 1 atom stereocenters. The molecule has 0 spiro atoms. The van der Waals surface area contributed by atoms with E-state index in [1.54, 1.807) is 32.9 Å². The highest BCUT2D eigenvalue weighted by Gasteiger charge is 2.22. The van der Waals surface area contributed by atoms with E-state index in [0.29, 0.717) is 23.1 Å². The Bertz CT molecular complexity index is 445. The molecule has 0 fully saturated rings. The zero-order valence-corrected chi connectivity index (χ0v) is 10.1. The molecule has 5 nitrogen and oxygen atoms in total. The number of hydrogen-bond acceptors (Lipinski definition) is 3. The summed E-state index contributed by atoms with van der Waals surface area (Å²) in [5, 5.41) is 19.9. The minimum absolute atomic E-state index is 0.0639. The highest BCUT2D eigenvalue weighted by atomic mass is 16.6. The van der Waals surface area contributed by atoms with Crippen LogP contribution in [0.3, 0.4) is 0 Å². The number of nitro benzene ring substituents is 1. The second-order valence-corrected chi connectivity index (χ2v) is 4.06. The molecule has 0 aromatic heterocycles. The van der Waals surface area contributed by atoms with Gasteiger partial charge in [0, 0.05) is 11.1 Å². The Labute approximate surface area is 99.2 Å². The standard InChI is InChI=1S/C12H15NO4/c1-4-10(12(14)15)9-5-7(2)11(13(16)17)8(3)6-9/h5-6,10H,4H2,1-3H3,(H,14,15). The smallest absolute Gasteiger partial charge is 0.310 e. The highest BCUT2D eigenvalue weighted by molar-refractivity contribution is 5.76. The monoisotopic (exact) mass is 237 g/mol. The molecule has 0 heterocycles. The van der Waals surface area contributed by atoms with Gasteiger partial charge in [-0.3, -0.25) is 14.9 Å². The first kappa shape index (κ1) is 13.2. The zero-order chi connectivity index (χ0) is 13.2. The fourth-order valence-corrected chi connectivity index (χ4v) is 2.03. The number of nitrogens with zero attached hydrogens (tertiary/aromatic N) is 1. The molecular formula is C12H15NO4. The number of benzene rings is 1. The van der Waals surface area contributed by atoms with E-state index in [-0.39, 0.29) is 5.69 Å². The van der Waals surface area contributed by atoms with Crippen molar-refractivity contribution in [1.29, 1.82) is 0 Å². The number of carboxylic acid groups (broad SMARTS) is 1. The van der Waals surface area contributed by atoms with E-state index >= 15 is 0 Å². The molecule has 92 valence electrons. The molecule has 1 aromatic rings. The Morgan fingerprint density at radius 2 is 1.88 bits per heavy atom. The lowest BCUT2D eigenvalue weighted by Crippen LogP contribution is -2.11. The van der Waals surface area contributed by atoms with E-state index < -0.39 is 16.8 Å². The van der Waals surface area contributed by atoms with Crippen LogP contribution in [0.5, 0.6) is 0 Å². The molecule has 1 rings (SSSR count). The first-order valence-electron chi connectivity index (χ1n) is 5.36. The van der Waals surface area contributed by atoms with Crippen molar-refractivity contribution in [3.63, 3.8) is 0 Å². The van der Waals surface area contributed by atoms with Crippen LogP contribution in [0.4, 0.5) is 5.69 Å². The maximum absolute atomic E-state index is 11.0. The molecule has 1 N–H and O–H groups in total. The van der Waals surface area contributed by atoms with Gasteiger partial charge in [-0.2, -0.15) is 0 Å². The van der Waals surface area contributed by atoms with Crippen molar-refractivity contribution in [1.82, 2.24) is 0 Å². The minimum Gasteiger partial charge on any atom is -0.481 e. The summed E-state index contributed by atoms with van der Waals surface area (Å²) in [6.07, 6.45) is 0.464. The Balaban J connectivity index is 3.31. The molecule has 1 unspecified atom stereocenters. The maximum atomic E-state index is 11.0. The number of hydrogen-bond donors (Lipinski definition) is 1. The van der Waals surface area contributed by atoms with Crippen LogP contribution in [0.15, 0.2) is 12.1 Å². The van der Waals surface area contributed by atoms with Crippen LogP contribution in [-0.4, -0.2) is 16.0 Å². The third-order valence-corrected chi connectivity index (χ3v) is 2.80. The summed E-state index contributed by atoms with van der Waals surface area (Å²) in [7, 11) is 0. The quantitative estimate of drug-likeness (QED) is 0.645. The summed E-state index contributed by atoms with van der Waals surface area (Å²) in [5.41, 5.74) is 1.70. The Morgan fingerprint density at radius 3 is 2.18 bits per heavy atom. The number of carboxylic acids is 1. The molecule has 0 aliphatic rings. The first-order chi connectivity index (χ1) is 7.88. The van der Waals surface area contributed by atoms with E-state index in [1.165, 1.54) is 0 Å². The Kier molecular flexibility index (Phi) is 3.83. The van der Waals surface area contributed by atoms with Gasteiger partial charge in [-0.25, -0.2) is 0 Å². The lowest BCUT2D eigenvalue weighted by Gasteiger charge is -2.12. The van der Waals surface area contributed by atoms with E-state index in [0.717, 1.165) is 0 Å². The van der Waals surface area contributed by atoms with Crippen molar-refractivity contribution in [2.45, 2.75) is 33.1 Å². The van der Waals surface area contributed by atoms with Crippen molar-refractivity contribution in [2.24, 2.45) is 0 Å². The lowest BCUT2D eigenvalue weighted by molar-refractivity contribution is -0.386. The van der Waals surface area contributed by atoms with Crippen LogP contribution in [0.25, 0.3) is 0 Å². The Hall–Kier alpha value is -1.91. The normalized spacial score (nSPS) is 12.2. The van der Waals surface area contributed by atoms with Gasteiger partial charge in [-0.1, -0.05) is 6.92 Å². The molecule has 0 amide bonds. The summed E-state index contributed by atoms with van der Waals surface area (Å²) < 4.78 is 0. The molecule has 0 radical (unpaired) electrons. The van der Waals surface area contributed by atoms with Gasteiger partial charge in [0.05, 0.1) is 10.8 Å². The van der Waals surface area contributed by atoms with Crippen molar-refractivity contribution in [3.05, 3.63) is 38.9 Å². The highest BCUT2D eigenvalue weighted by Crippen LogP contribution is 2.29. The number of carbonyl (C=O) groups is 1. The molecular weight excluding hydrogens is 222 g/mol. The van der Waals surface area contributed by atoms with Gasteiger partial charge in [0.15, 0.2) is 0 Å². The topological polar surface area (TPSA) is 80.4 Å². The average Bonchev–Trinajstić information content (AvgIpc) is 2.15. The molecule has 17 heavy (non-hydrogen) atoms. The number of rotatable bonds is 4. The van der Waals surface area contributed by atoms with Crippen molar-refractivity contribution >= 4 is 11.7 Å². The maximum Gasteiger partial charge on any atom is 0.310 e. The Morgan fingerprint density at radius 1 is 1.41 bits per heavy atom. The summed E-state index contributed by atoms with van der Waals surface area (Å²) in [6.45, 7) is 5.04. The van der Waals surface area contributed by atoms with Crippen molar-refractivity contribution in [3.8, 4) is 0 Å². The number of aliphatic carboxylic acids is 1. The van der Waals surface area contributed by atoms with E-state index in [4.69, 9.17) is 5.11 Å². The summed E-state index contributed by atoms with van der Waals surface area (Å²) in [5.74, 6) is -1.51. The van der Waals surface area contributed by atoms with Crippen LogP contribution >= 0.6 is 0 Å². The SMILES string of the molecule is CCC(C(=O)O)c1cc(C)c([N+](=O)[O-])c(C)c1. The molecule has 0 aliphatic carbocycles. The second kappa shape index (κ2) is 4.95. The largest absolute Gasteiger partial charge is 0.481 e. The van der Waals surface area contributed by atoms with Crippen LogP contribution in [0, 0.1) is 24.0 Å². The average molecular weight is 237 g/mol. The van der Waals surface area contributed by atoms with Gasteiger partial charge in [-0.05, 0) is 38.0 Å². The molecule has 0 aliphatic heterocycles. The van der Waals surface area contributed by atoms with Crippen LogP contribution in [0.1, 0.15) is 36.0 Å². The van der Waals surface area contributed by atoms with Crippen LogP contribution in [0.2, 0.25) is 0 Å². The van der Waals surface area contributed by atoms with Gasteiger partial charge in [0.2, 0.25) is 0 Å². The fourth-order valence-electron chi connectivity index (χ4n) is 2.03. The van der Waals surface area contributed by atoms with E-state index in [2.05, 4.69) is 0 Å². The number of aryl methyl sites for hydroxylation is 2. The number of nitro groups is 1. The van der Waals surface area contributed by atoms with Crippen LogP contribution < -0.4 is 0 Å².